The lowest BCUT2D eigenvalue weighted by Crippen LogP contribution is -2.33. The number of hydrogen-bond acceptors (Lipinski definition) is 4. The molecule has 0 aromatic heterocycles. The largest absolute Gasteiger partial charge is 0.481 e. The van der Waals surface area contributed by atoms with Crippen molar-refractivity contribution < 1.29 is 19.2 Å². The summed E-state index contributed by atoms with van der Waals surface area (Å²) in [6.45, 7) is 3.08. The van der Waals surface area contributed by atoms with Crippen molar-refractivity contribution in [3.05, 3.63) is 33.1 Å². The predicted octanol–water partition coefficient (Wildman–Crippen LogP) is 3.05. The van der Waals surface area contributed by atoms with E-state index in [0.717, 1.165) is 12.1 Å². The van der Waals surface area contributed by atoms with Crippen LogP contribution >= 0.6 is 11.6 Å². The Bertz CT molecular complexity index is 534. The first-order chi connectivity index (χ1) is 8.62. The molecule has 104 valence electrons. The lowest BCUT2D eigenvalue weighted by Gasteiger charge is -2.25. The molecule has 0 heterocycles. The maximum atomic E-state index is 13.3. The zero-order valence-electron chi connectivity index (χ0n) is 10.2. The quantitative estimate of drug-likeness (QED) is 0.642. The number of carboxylic acids is 1. The molecule has 0 aliphatic rings. The van der Waals surface area contributed by atoms with Crippen LogP contribution in [0.15, 0.2) is 12.1 Å². The molecule has 1 aromatic rings. The van der Waals surface area contributed by atoms with Crippen LogP contribution in [0.5, 0.6) is 0 Å². The Morgan fingerprint density at radius 1 is 1.58 bits per heavy atom. The summed E-state index contributed by atoms with van der Waals surface area (Å²) in [6, 6.07) is 1.76. The lowest BCUT2D eigenvalue weighted by molar-refractivity contribution is -0.384. The Balaban J connectivity index is 3.16. The summed E-state index contributed by atoms with van der Waals surface area (Å²) < 4.78 is 13.3. The van der Waals surface area contributed by atoms with Crippen LogP contribution in [0.4, 0.5) is 15.8 Å². The molecule has 0 spiro atoms. The van der Waals surface area contributed by atoms with Gasteiger partial charge in [0.2, 0.25) is 0 Å². The molecule has 8 heteroatoms. The third-order valence-electron chi connectivity index (χ3n) is 2.30. The van der Waals surface area contributed by atoms with Crippen LogP contribution in [-0.2, 0) is 4.79 Å². The van der Waals surface area contributed by atoms with Crippen LogP contribution in [0, 0.1) is 15.9 Å². The summed E-state index contributed by atoms with van der Waals surface area (Å²) in [5.74, 6) is -1.89. The number of anilines is 1. The van der Waals surface area contributed by atoms with E-state index in [1.165, 1.54) is 13.8 Å². The van der Waals surface area contributed by atoms with Crippen LogP contribution in [0.3, 0.4) is 0 Å². The molecule has 0 atom stereocenters. The van der Waals surface area contributed by atoms with Gasteiger partial charge in [-0.1, -0.05) is 11.6 Å². The van der Waals surface area contributed by atoms with Crippen LogP contribution in [0.2, 0.25) is 5.02 Å². The van der Waals surface area contributed by atoms with Crippen molar-refractivity contribution in [2.75, 3.05) is 5.32 Å². The minimum Gasteiger partial charge on any atom is -0.481 e. The van der Waals surface area contributed by atoms with E-state index in [4.69, 9.17) is 16.7 Å². The van der Waals surface area contributed by atoms with E-state index in [0.29, 0.717) is 0 Å². The number of hydrogen-bond donors (Lipinski definition) is 2. The van der Waals surface area contributed by atoms with Crippen LogP contribution in [0.1, 0.15) is 20.3 Å². The van der Waals surface area contributed by atoms with Crippen LogP contribution in [-0.4, -0.2) is 21.5 Å². The maximum Gasteiger partial charge on any atom is 0.305 e. The van der Waals surface area contributed by atoms with E-state index in [2.05, 4.69) is 5.32 Å². The minimum atomic E-state index is -1.07. The van der Waals surface area contributed by atoms with Crippen molar-refractivity contribution in [1.82, 2.24) is 0 Å². The molecule has 0 fully saturated rings. The summed E-state index contributed by atoms with van der Waals surface area (Å²) >= 11 is 5.48. The van der Waals surface area contributed by atoms with E-state index >= 15 is 0 Å². The van der Waals surface area contributed by atoms with Gasteiger partial charge in [0.1, 0.15) is 11.5 Å². The summed E-state index contributed by atoms with van der Waals surface area (Å²) in [5, 5.41) is 21.9. The summed E-state index contributed by atoms with van der Waals surface area (Å²) in [5.41, 5.74) is -1.50. The number of aliphatic carboxylic acids is 1. The number of rotatable bonds is 5. The summed E-state index contributed by atoms with van der Waals surface area (Å²) in [6.07, 6.45) is -0.283. The van der Waals surface area contributed by atoms with Crippen molar-refractivity contribution in [2.45, 2.75) is 25.8 Å². The number of benzene rings is 1. The maximum absolute atomic E-state index is 13.3. The molecule has 0 aliphatic carbocycles. The van der Waals surface area contributed by atoms with Crippen molar-refractivity contribution in [3.8, 4) is 0 Å². The molecule has 6 nitrogen and oxygen atoms in total. The van der Waals surface area contributed by atoms with Gasteiger partial charge < -0.3 is 10.4 Å². The highest BCUT2D eigenvalue weighted by Crippen LogP contribution is 2.32. The number of halogens is 2. The molecular weight excluding hydrogens is 279 g/mol. The topological polar surface area (TPSA) is 92.5 Å². The third kappa shape index (κ3) is 4.06. The van der Waals surface area contributed by atoms with Gasteiger partial charge in [0.05, 0.1) is 16.4 Å². The monoisotopic (exact) mass is 290 g/mol. The van der Waals surface area contributed by atoms with Gasteiger partial charge in [0.15, 0.2) is 0 Å². The smallest absolute Gasteiger partial charge is 0.305 e. The summed E-state index contributed by atoms with van der Waals surface area (Å²) in [4.78, 5) is 20.8. The van der Waals surface area contributed by atoms with Gasteiger partial charge in [0.25, 0.3) is 5.69 Å². The molecule has 0 bridgehead atoms. The van der Waals surface area contributed by atoms with E-state index < -0.39 is 27.9 Å². The Hall–Kier alpha value is -1.89. The molecule has 19 heavy (non-hydrogen) atoms. The van der Waals surface area contributed by atoms with E-state index in [-0.39, 0.29) is 17.1 Å². The molecule has 0 aliphatic heterocycles. The van der Waals surface area contributed by atoms with Crippen molar-refractivity contribution in [3.63, 3.8) is 0 Å². The number of nitrogens with zero attached hydrogens (tertiary/aromatic N) is 1. The van der Waals surface area contributed by atoms with Gasteiger partial charge in [-0.2, -0.15) is 0 Å². The lowest BCUT2D eigenvalue weighted by atomic mass is 10.00. The first-order valence-electron chi connectivity index (χ1n) is 5.26. The molecule has 0 radical (unpaired) electrons. The second-order valence-electron chi connectivity index (χ2n) is 4.62. The number of carboxylic acid groups (broad SMARTS) is 1. The highest BCUT2D eigenvalue weighted by atomic mass is 35.5. The molecule has 1 rings (SSSR count). The van der Waals surface area contributed by atoms with Gasteiger partial charge in [-0.3, -0.25) is 14.9 Å². The van der Waals surface area contributed by atoms with Crippen molar-refractivity contribution >= 4 is 28.9 Å². The van der Waals surface area contributed by atoms with E-state index in [1.54, 1.807) is 0 Å². The molecular formula is C11H12ClFN2O4. The fourth-order valence-corrected chi connectivity index (χ4v) is 1.73. The van der Waals surface area contributed by atoms with E-state index in [9.17, 15) is 19.3 Å². The Morgan fingerprint density at radius 3 is 2.63 bits per heavy atom. The zero-order valence-corrected chi connectivity index (χ0v) is 11.0. The van der Waals surface area contributed by atoms with Gasteiger partial charge in [-0.25, -0.2) is 4.39 Å². The van der Waals surface area contributed by atoms with Gasteiger partial charge in [0, 0.05) is 17.7 Å². The van der Waals surface area contributed by atoms with E-state index in [1.807, 2.05) is 0 Å². The third-order valence-corrected chi connectivity index (χ3v) is 2.59. The second-order valence-corrected chi connectivity index (χ2v) is 5.03. The van der Waals surface area contributed by atoms with Crippen molar-refractivity contribution in [2.24, 2.45) is 0 Å². The fraction of sp³-hybridized carbons (Fsp3) is 0.364. The first-order valence-corrected chi connectivity index (χ1v) is 5.63. The Morgan fingerprint density at radius 2 is 2.16 bits per heavy atom. The average molecular weight is 291 g/mol. The van der Waals surface area contributed by atoms with Gasteiger partial charge in [-0.05, 0) is 13.8 Å². The zero-order chi connectivity index (χ0) is 14.8. The molecule has 0 saturated carbocycles. The summed E-state index contributed by atoms with van der Waals surface area (Å²) in [7, 11) is 0. The van der Waals surface area contributed by atoms with Crippen molar-refractivity contribution in [1.29, 1.82) is 0 Å². The highest BCUT2D eigenvalue weighted by molar-refractivity contribution is 6.31. The average Bonchev–Trinajstić information content (AvgIpc) is 2.19. The standard InChI is InChI=1S/C11H12ClFN2O4/c1-11(2,5-10(16)17)14-8-4-7(13)6(12)3-9(8)15(18)19/h3-4,14H,5H2,1-2H3,(H,16,17). The second kappa shape index (κ2) is 5.40. The SMILES string of the molecule is CC(C)(CC(=O)O)Nc1cc(F)c(Cl)cc1[N+](=O)[O-]. The Kier molecular flexibility index (Phi) is 4.31. The normalized spacial score (nSPS) is 11.2. The number of nitrogens with one attached hydrogen (secondary N) is 1. The minimum absolute atomic E-state index is 0.113. The molecule has 0 unspecified atom stereocenters. The fourth-order valence-electron chi connectivity index (χ4n) is 1.57. The van der Waals surface area contributed by atoms with Gasteiger partial charge >= 0.3 is 5.97 Å². The molecule has 2 N–H and O–H groups in total. The van der Waals surface area contributed by atoms with Crippen LogP contribution < -0.4 is 5.32 Å². The number of carbonyl (C=O) groups is 1. The highest BCUT2D eigenvalue weighted by Gasteiger charge is 2.26. The predicted molar refractivity (Wildman–Crippen MR) is 68.0 cm³/mol. The molecule has 1 aromatic carbocycles. The number of nitro groups is 1. The number of nitro benzene ring substituents is 1. The molecule has 0 saturated heterocycles. The van der Waals surface area contributed by atoms with Crippen LogP contribution in [0.25, 0.3) is 0 Å². The Labute approximate surface area is 113 Å². The van der Waals surface area contributed by atoms with Gasteiger partial charge in [-0.15, -0.1) is 0 Å². The first kappa shape index (κ1) is 15.2. The molecule has 0 amide bonds.